The van der Waals surface area contributed by atoms with Gasteiger partial charge in [0.05, 0.1) is 21.6 Å². The van der Waals surface area contributed by atoms with Crippen LogP contribution in [0.1, 0.15) is 175 Å². The van der Waals surface area contributed by atoms with E-state index in [0.717, 1.165) is 79.1 Å². The molecule has 8 aromatic rings. The molecule has 1 aliphatic heterocycles. The Hall–Kier alpha value is -4.82. The molecular formula is C65H82N2O3P2. The van der Waals surface area contributed by atoms with Crippen LogP contribution in [-0.4, -0.2) is 15.5 Å². The standard InChI is InChI=1S/C65H82N2O3P2/c1-15-21-27-44-33-35-56-50(37-44)48-29-23-25-31-54(48)67(56)65(19-5,20-6)72-70-58-41-46(62(10,11)12)39-52-60(58)69-59-51(63(52,13)14)38-45(61(7,8)9)40-57(59)68-42-71-64(17-3,18-4)66-53-30-24-22-28-47(53)49-36-43(26-16-2)32-34-55(49)66/h22-25,28-41,71-72H,15-21,26-27,42H2,1-14H3. The Kier molecular flexibility index (Phi) is 14.6. The molecule has 5 nitrogen and oxygen atoms in total. The smallest absolute Gasteiger partial charge is 0.173 e. The summed E-state index contributed by atoms with van der Waals surface area (Å²) in [7, 11) is 0.629. The van der Waals surface area contributed by atoms with Gasteiger partial charge in [-0.3, -0.25) is 0 Å². The maximum atomic E-state index is 7.44. The fraction of sp³-hybridized carbons (Fsp3) is 0.446. The van der Waals surface area contributed by atoms with Gasteiger partial charge in [0, 0.05) is 49.1 Å². The van der Waals surface area contributed by atoms with Gasteiger partial charge < -0.3 is 23.1 Å². The number of fused-ring (bicyclic) bond motifs is 8. The Balaban J connectivity index is 1.12. The zero-order valence-corrected chi connectivity index (χ0v) is 48.1. The molecular weight excluding hydrogens is 919 g/mol. The van der Waals surface area contributed by atoms with Crippen molar-refractivity contribution in [2.75, 3.05) is 6.35 Å². The second-order valence-electron chi connectivity index (χ2n) is 23.3. The van der Waals surface area contributed by atoms with Crippen LogP contribution in [0.25, 0.3) is 43.6 Å². The van der Waals surface area contributed by atoms with Gasteiger partial charge in [-0.05, 0) is 127 Å². The summed E-state index contributed by atoms with van der Waals surface area (Å²) in [5.41, 5.74) is 12.1. The summed E-state index contributed by atoms with van der Waals surface area (Å²) in [5, 5.41) is 4.90. The first-order valence-corrected chi connectivity index (χ1v) is 29.4. The van der Waals surface area contributed by atoms with Gasteiger partial charge in [0.2, 0.25) is 0 Å². The van der Waals surface area contributed by atoms with E-state index in [0.29, 0.717) is 14.9 Å². The van der Waals surface area contributed by atoms with E-state index in [-0.39, 0.29) is 30.2 Å². The van der Waals surface area contributed by atoms with Gasteiger partial charge in [-0.25, -0.2) is 0 Å². The lowest BCUT2D eigenvalue weighted by molar-refractivity contribution is 0.330. The molecule has 0 bridgehead atoms. The molecule has 0 saturated heterocycles. The van der Waals surface area contributed by atoms with Gasteiger partial charge in [0.1, 0.15) is 15.2 Å². The first-order chi connectivity index (χ1) is 34.4. The Labute approximate surface area is 435 Å². The molecule has 0 spiro atoms. The van der Waals surface area contributed by atoms with Crippen LogP contribution in [0.15, 0.2) is 109 Å². The fourth-order valence-corrected chi connectivity index (χ4v) is 14.1. The molecule has 380 valence electrons. The summed E-state index contributed by atoms with van der Waals surface area (Å²) in [5.74, 6) is 3.22. The van der Waals surface area contributed by atoms with Gasteiger partial charge in [0.25, 0.3) is 0 Å². The third-order valence-electron chi connectivity index (χ3n) is 16.4. The number of hydrogen-bond donors (Lipinski definition) is 0. The molecule has 2 atom stereocenters. The second-order valence-corrected chi connectivity index (χ2v) is 26.2. The quantitative estimate of drug-likeness (QED) is 0.0804. The normalized spacial score (nSPS) is 14.4. The monoisotopic (exact) mass is 1000 g/mol. The van der Waals surface area contributed by atoms with Crippen molar-refractivity contribution in [3.63, 3.8) is 0 Å². The molecule has 2 aromatic heterocycles. The van der Waals surface area contributed by atoms with Crippen molar-refractivity contribution in [2.24, 2.45) is 0 Å². The van der Waals surface area contributed by atoms with Crippen molar-refractivity contribution in [2.45, 2.75) is 182 Å². The van der Waals surface area contributed by atoms with Crippen LogP contribution < -0.4 is 14.0 Å². The third kappa shape index (κ3) is 9.16. The zero-order chi connectivity index (χ0) is 51.4. The first kappa shape index (κ1) is 52.1. The average Bonchev–Trinajstić information content (AvgIpc) is 3.88. The second kappa shape index (κ2) is 20.1. The highest BCUT2D eigenvalue weighted by Crippen LogP contribution is 2.59. The van der Waals surface area contributed by atoms with Crippen LogP contribution in [0.3, 0.4) is 0 Å². The van der Waals surface area contributed by atoms with Crippen molar-refractivity contribution in [1.82, 2.24) is 9.13 Å². The summed E-state index contributed by atoms with van der Waals surface area (Å²) in [6.07, 6.45) is 10.1. The molecule has 0 aliphatic carbocycles. The number of ether oxygens (including phenoxy) is 2. The number of nitrogens with zero attached hydrogens (tertiary/aromatic N) is 2. The van der Waals surface area contributed by atoms with Gasteiger partial charge in [-0.1, -0.05) is 179 Å². The minimum absolute atomic E-state index is 0.113. The van der Waals surface area contributed by atoms with Crippen LogP contribution >= 0.6 is 17.4 Å². The van der Waals surface area contributed by atoms with Crippen LogP contribution in [0, 0.1) is 0 Å². The number of hydrogen-bond acceptors (Lipinski definition) is 3. The van der Waals surface area contributed by atoms with E-state index in [9.17, 15) is 0 Å². The predicted octanol–water partition coefficient (Wildman–Crippen LogP) is 19.6. The highest BCUT2D eigenvalue weighted by molar-refractivity contribution is 7.39. The van der Waals surface area contributed by atoms with Gasteiger partial charge in [-0.15, -0.1) is 0 Å². The highest BCUT2D eigenvalue weighted by Gasteiger charge is 2.42. The molecule has 7 heteroatoms. The summed E-state index contributed by atoms with van der Waals surface area (Å²) in [6.45, 7) is 32.5. The predicted molar refractivity (Wildman–Crippen MR) is 314 cm³/mol. The van der Waals surface area contributed by atoms with E-state index < -0.39 is 5.41 Å². The van der Waals surface area contributed by atoms with E-state index in [2.05, 4.69) is 215 Å². The van der Waals surface area contributed by atoms with Crippen LogP contribution in [0.4, 0.5) is 0 Å². The van der Waals surface area contributed by atoms with Gasteiger partial charge in [0.15, 0.2) is 23.0 Å². The summed E-state index contributed by atoms with van der Waals surface area (Å²) in [6, 6.07) is 41.7. The maximum Gasteiger partial charge on any atom is 0.173 e. The molecule has 3 heterocycles. The minimum Gasteiger partial charge on any atom is -0.485 e. The van der Waals surface area contributed by atoms with Crippen LogP contribution in [0.5, 0.6) is 23.0 Å². The number of unbranched alkanes of at least 4 members (excludes halogenated alkanes) is 1. The van der Waals surface area contributed by atoms with Gasteiger partial charge >= 0.3 is 0 Å². The molecule has 0 N–H and O–H groups in total. The van der Waals surface area contributed by atoms with Crippen LogP contribution in [0.2, 0.25) is 0 Å². The van der Waals surface area contributed by atoms with Crippen LogP contribution in [-0.2, 0) is 39.6 Å². The average molecular weight is 1000 g/mol. The Morgan fingerprint density at radius 1 is 0.514 bits per heavy atom. The topological polar surface area (TPSA) is 37.6 Å². The highest BCUT2D eigenvalue weighted by atomic mass is 31.1. The molecule has 2 unspecified atom stereocenters. The molecule has 0 radical (unpaired) electrons. The van der Waals surface area contributed by atoms with E-state index in [1.165, 1.54) is 78.7 Å². The fourth-order valence-electron chi connectivity index (χ4n) is 11.6. The lowest BCUT2D eigenvalue weighted by Gasteiger charge is -2.39. The van der Waals surface area contributed by atoms with Gasteiger partial charge in [-0.2, -0.15) is 0 Å². The van der Waals surface area contributed by atoms with E-state index in [4.69, 9.17) is 14.0 Å². The molecule has 72 heavy (non-hydrogen) atoms. The van der Waals surface area contributed by atoms with Crippen molar-refractivity contribution >= 4 is 61.0 Å². The molecule has 0 amide bonds. The first-order valence-electron chi connectivity index (χ1n) is 27.3. The van der Waals surface area contributed by atoms with E-state index in [1.807, 2.05) is 0 Å². The summed E-state index contributed by atoms with van der Waals surface area (Å²) < 4.78 is 27.4. The molecule has 1 aliphatic rings. The van der Waals surface area contributed by atoms with E-state index in [1.54, 1.807) is 0 Å². The Morgan fingerprint density at radius 2 is 0.986 bits per heavy atom. The van der Waals surface area contributed by atoms with Crippen molar-refractivity contribution < 1.29 is 14.0 Å². The molecule has 9 rings (SSSR count). The zero-order valence-electron chi connectivity index (χ0n) is 46.1. The summed E-state index contributed by atoms with van der Waals surface area (Å²) in [4.78, 5) is 0. The third-order valence-corrected chi connectivity index (χ3v) is 19.9. The molecule has 6 aromatic carbocycles. The van der Waals surface area contributed by atoms with E-state index >= 15 is 0 Å². The number of aromatic nitrogens is 2. The Morgan fingerprint density at radius 3 is 1.49 bits per heavy atom. The number of benzene rings is 6. The lowest BCUT2D eigenvalue weighted by Crippen LogP contribution is -2.29. The molecule has 0 saturated carbocycles. The summed E-state index contributed by atoms with van der Waals surface area (Å²) >= 11 is 0. The molecule has 0 fully saturated rings. The number of para-hydroxylation sites is 2. The van der Waals surface area contributed by atoms with Crippen molar-refractivity contribution in [3.05, 3.63) is 143 Å². The van der Waals surface area contributed by atoms with Crippen molar-refractivity contribution in [3.8, 4) is 23.0 Å². The van der Waals surface area contributed by atoms with Crippen molar-refractivity contribution in [1.29, 1.82) is 0 Å². The largest absolute Gasteiger partial charge is 0.485 e. The number of aryl methyl sites for hydroxylation is 2. The SMILES string of the molecule is CCCCc1ccc2c(c1)c1ccccc1n2C(CC)(CC)POc1cc(C(C)(C)C)cc2c1Oc1c(OCPC(CC)(CC)n3c4ccccc4c4cc(CCC)ccc43)cc(C(C)(C)C)cc1C2(C)C. The lowest BCUT2D eigenvalue weighted by atomic mass is 9.72. The number of rotatable bonds is 18. The maximum absolute atomic E-state index is 7.44. The minimum atomic E-state index is -0.418. The Bertz CT molecular complexity index is 3260.